The van der Waals surface area contributed by atoms with Crippen LogP contribution in [-0.2, 0) is 31.1 Å². The van der Waals surface area contributed by atoms with E-state index in [9.17, 15) is 8.42 Å². The van der Waals surface area contributed by atoms with Gasteiger partial charge in [0, 0.05) is 27.3 Å². The van der Waals surface area contributed by atoms with E-state index in [2.05, 4.69) is 11.0 Å². The number of halogens is 1. The fourth-order valence-corrected chi connectivity index (χ4v) is 2.14. The topological polar surface area (TPSA) is 46.5 Å². The van der Waals surface area contributed by atoms with Crippen LogP contribution in [0.25, 0.3) is 0 Å². The molecule has 0 aromatic heterocycles. The second-order valence-electron chi connectivity index (χ2n) is 4.07. The molecule has 0 atom stereocenters. The maximum atomic E-state index is 11.8. The molecule has 0 N–H and O–H groups in total. The van der Waals surface area contributed by atoms with Gasteiger partial charge >= 0.3 is 0 Å². The van der Waals surface area contributed by atoms with Crippen molar-refractivity contribution >= 4 is 16.2 Å². The predicted molar refractivity (Wildman–Crippen MR) is 70.9 cm³/mol. The zero-order chi connectivity index (χ0) is 12.9. The average molecular weight is 482 g/mol. The molecule has 3 nitrogen and oxygen atoms in total. The molecule has 0 saturated carbocycles. The molecule has 0 aliphatic rings. The van der Waals surface area contributed by atoms with Gasteiger partial charge in [-0.15, -0.1) is 6.58 Å². The second kappa shape index (κ2) is 9.46. The van der Waals surface area contributed by atoms with Gasteiger partial charge in [-0.25, -0.2) is 0 Å². The van der Waals surface area contributed by atoms with Crippen molar-refractivity contribution < 1.29 is 41.9 Å². The van der Waals surface area contributed by atoms with Gasteiger partial charge < -0.3 is 12.4 Å². The van der Waals surface area contributed by atoms with Crippen LogP contribution in [0.2, 0.25) is 0 Å². The summed E-state index contributed by atoms with van der Waals surface area (Å²) in [5.74, 6) is 0. The van der Waals surface area contributed by atoms with Crippen LogP contribution < -0.4 is 12.4 Å². The van der Waals surface area contributed by atoms with E-state index in [1.807, 2.05) is 13.8 Å². The summed E-state index contributed by atoms with van der Waals surface area (Å²) in [6.07, 6.45) is 2.79. The van der Waals surface area contributed by atoms with Crippen LogP contribution in [0.15, 0.2) is 45.7 Å². The minimum atomic E-state index is -3.54. The maximum Gasteiger partial charge on any atom is 0.281 e. The van der Waals surface area contributed by atoms with Crippen LogP contribution in [0.1, 0.15) is 25.3 Å². The van der Waals surface area contributed by atoms with Crippen LogP contribution in [-0.4, -0.2) is 14.6 Å². The molecule has 0 spiro atoms. The fraction of sp³-hybridized carbons (Fsp3) is 0.308. The molecule has 0 aliphatic carbocycles. The van der Waals surface area contributed by atoms with Crippen molar-refractivity contribution in [1.29, 1.82) is 0 Å². The molecule has 0 saturated heterocycles. The number of hydrogen-bond acceptors (Lipinski definition) is 2. The molecule has 6 heteroatoms. The summed E-state index contributed by atoms with van der Waals surface area (Å²) in [4.78, 5) is 0.231. The van der Waals surface area contributed by atoms with Crippen LogP contribution in [0.3, 0.4) is 0 Å². The van der Waals surface area contributed by atoms with Gasteiger partial charge in [0.25, 0.3) is 10.0 Å². The maximum absolute atomic E-state index is 11.8. The van der Waals surface area contributed by atoms with Crippen LogP contribution in [0, 0.1) is 6.92 Å². The van der Waals surface area contributed by atoms with Crippen molar-refractivity contribution in [2.24, 2.45) is 4.40 Å². The summed E-state index contributed by atoms with van der Waals surface area (Å²) in [5, 5.41) is 0. The van der Waals surface area contributed by atoms with Crippen LogP contribution >= 0.6 is 0 Å². The molecule has 0 bridgehead atoms. The Labute approximate surface area is 135 Å². The van der Waals surface area contributed by atoms with Crippen molar-refractivity contribution in [3.63, 3.8) is 0 Å². The standard InChI is InChI=1S/C13H17NO2S.ClH.Pt/c1-11(2)5-4-10-14-17(15,16)13-8-6-12(3)7-9-13;;/h6-10H,1,4-5H2,2-3H3;1H;/p-1. The van der Waals surface area contributed by atoms with Gasteiger partial charge in [0.1, 0.15) is 0 Å². The van der Waals surface area contributed by atoms with E-state index in [0.29, 0.717) is 6.42 Å². The zero-order valence-electron chi connectivity index (χ0n) is 10.9. The summed E-state index contributed by atoms with van der Waals surface area (Å²) >= 11 is 0. The number of aryl methyl sites for hydroxylation is 1. The van der Waals surface area contributed by atoms with Crippen molar-refractivity contribution in [2.75, 3.05) is 0 Å². The number of benzene rings is 1. The van der Waals surface area contributed by atoms with E-state index in [4.69, 9.17) is 0 Å². The number of nitrogens with zero attached hydrogens (tertiary/aromatic N) is 1. The average Bonchev–Trinajstić information content (AvgIpc) is 2.25. The van der Waals surface area contributed by atoms with Gasteiger partial charge in [0.2, 0.25) is 0 Å². The van der Waals surface area contributed by atoms with Crippen molar-refractivity contribution in [3.05, 3.63) is 42.0 Å². The van der Waals surface area contributed by atoms with Crippen molar-refractivity contribution in [1.82, 2.24) is 0 Å². The summed E-state index contributed by atoms with van der Waals surface area (Å²) in [6.45, 7) is 7.56. The van der Waals surface area contributed by atoms with Crippen molar-refractivity contribution in [2.45, 2.75) is 31.6 Å². The molecule has 0 aliphatic heterocycles. The van der Waals surface area contributed by atoms with Gasteiger partial charge in [-0.3, -0.25) is 0 Å². The number of hydrogen-bond donors (Lipinski definition) is 0. The molecule has 0 unspecified atom stereocenters. The molecule has 0 radical (unpaired) electrons. The third kappa shape index (κ3) is 7.66. The Bertz CT molecular complexity index is 524. The van der Waals surface area contributed by atoms with E-state index < -0.39 is 10.0 Å². The number of rotatable bonds is 5. The molecular formula is C13H17ClNO2PtS-. The summed E-state index contributed by atoms with van der Waals surface area (Å²) in [5.41, 5.74) is 2.04. The second-order valence-corrected chi connectivity index (χ2v) is 5.70. The third-order valence-electron chi connectivity index (χ3n) is 2.23. The smallest absolute Gasteiger partial charge is 0.281 e. The van der Waals surface area contributed by atoms with E-state index in [1.54, 1.807) is 24.3 Å². The Kier molecular flexibility index (Phi) is 10.4. The first-order valence-corrected chi connectivity index (χ1v) is 6.86. The molecular weight excluding hydrogens is 465 g/mol. The normalized spacial score (nSPS) is 10.6. The largest absolute Gasteiger partial charge is 1.00 e. The van der Waals surface area contributed by atoms with Crippen molar-refractivity contribution in [3.8, 4) is 0 Å². The van der Waals surface area contributed by atoms with E-state index >= 15 is 0 Å². The molecule has 1 aromatic carbocycles. The molecule has 1 rings (SSSR count). The molecule has 110 valence electrons. The molecule has 0 fully saturated rings. The number of sulfonamides is 1. The third-order valence-corrected chi connectivity index (χ3v) is 3.53. The van der Waals surface area contributed by atoms with Crippen LogP contribution in [0.4, 0.5) is 0 Å². The molecule has 19 heavy (non-hydrogen) atoms. The quantitative estimate of drug-likeness (QED) is 0.443. The Morgan fingerprint density at radius 3 is 2.32 bits per heavy atom. The van der Waals surface area contributed by atoms with Gasteiger partial charge in [-0.05, 0) is 38.8 Å². The van der Waals surface area contributed by atoms with Gasteiger partial charge in [0.15, 0.2) is 0 Å². The Hall–Kier alpha value is -0.442. The van der Waals surface area contributed by atoms with Gasteiger partial charge in [0.05, 0.1) is 4.90 Å². The van der Waals surface area contributed by atoms with Crippen LogP contribution in [0.5, 0.6) is 0 Å². The van der Waals surface area contributed by atoms with E-state index in [-0.39, 0.29) is 38.4 Å². The first-order chi connectivity index (χ1) is 7.92. The molecule has 1 aromatic rings. The molecule has 0 heterocycles. The minimum absolute atomic E-state index is 0. The summed E-state index contributed by atoms with van der Waals surface area (Å²) in [7, 11) is -3.54. The minimum Gasteiger partial charge on any atom is -1.00 e. The number of allylic oxidation sites excluding steroid dienone is 1. The Balaban J connectivity index is 0. The zero-order valence-corrected chi connectivity index (χ0v) is 14.7. The summed E-state index contributed by atoms with van der Waals surface area (Å²) < 4.78 is 27.2. The monoisotopic (exact) mass is 481 g/mol. The Morgan fingerprint density at radius 2 is 1.84 bits per heavy atom. The Morgan fingerprint density at radius 1 is 1.32 bits per heavy atom. The first-order valence-electron chi connectivity index (χ1n) is 5.41. The van der Waals surface area contributed by atoms with Gasteiger partial charge in [-0.2, -0.15) is 12.8 Å². The van der Waals surface area contributed by atoms with Gasteiger partial charge in [-0.1, -0.05) is 23.3 Å². The van der Waals surface area contributed by atoms with E-state index in [1.165, 1.54) is 6.21 Å². The SMILES string of the molecule is C=C(C)CCC=NS(=O)(=O)c1ccc(C)cc1.[Cl-].[Pt]. The summed E-state index contributed by atoms with van der Waals surface area (Å²) in [6, 6.07) is 6.66. The van der Waals surface area contributed by atoms with E-state index in [0.717, 1.165) is 17.6 Å². The molecule has 0 amide bonds. The fourth-order valence-electron chi connectivity index (χ4n) is 1.23. The predicted octanol–water partition coefficient (Wildman–Crippen LogP) is 0.112. The first kappa shape index (κ1) is 20.9.